The molecule has 5 rings (SSSR count). The van der Waals surface area contributed by atoms with Crippen LogP contribution in [0.25, 0.3) is 0 Å². The molecule has 1 unspecified atom stereocenters. The highest BCUT2D eigenvalue weighted by Gasteiger charge is 2.59. The van der Waals surface area contributed by atoms with Gasteiger partial charge in [-0.3, -0.25) is 0 Å². The third-order valence-electron chi connectivity index (χ3n) is 10.0. The Hall–Kier alpha value is -0.0800. The second kappa shape index (κ2) is 5.71. The smallest absolute Gasteiger partial charge is 0.0678 e. The summed E-state index contributed by atoms with van der Waals surface area (Å²) in [5, 5.41) is 21.4. The minimum absolute atomic E-state index is 0.133. The molecule has 2 heteroatoms. The summed E-state index contributed by atoms with van der Waals surface area (Å²) in [6.45, 7) is 4.54. The zero-order valence-corrected chi connectivity index (χ0v) is 16.3. The van der Waals surface area contributed by atoms with Crippen molar-refractivity contribution in [2.24, 2.45) is 46.8 Å². The van der Waals surface area contributed by atoms with Crippen molar-refractivity contribution in [3.63, 3.8) is 0 Å². The maximum absolute atomic E-state index is 11.1. The van der Waals surface area contributed by atoms with E-state index in [-0.39, 0.29) is 11.7 Å². The third kappa shape index (κ3) is 2.49. The van der Waals surface area contributed by atoms with Gasteiger partial charge in [0.25, 0.3) is 0 Å². The van der Waals surface area contributed by atoms with Gasteiger partial charge in [-0.05, 0) is 124 Å². The molecule has 25 heavy (non-hydrogen) atoms. The van der Waals surface area contributed by atoms with E-state index in [1.54, 1.807) is 0 Å². The van der Waals surface area contributed by atoms with Crippen molar-refractivity contribution >= 4 is 0 Å². The fraction of sp³-hybridized carbons (Fsp3) is 1.00. The highest BCUT2D eigenvalue weighted by Crippen LogP contribution is 2.65. The van der Waals surface area contributed by atoms with Crippen LogP contribution in [0.4, 0.5) is 0 Å². The first-order valence-electron chi connectivity index (χ1n) is 11.3. The molecule has 5 aliphatic carbocycles. The Labute approximate surface area is 153 Å². The van der Waals surface area contributed by atoms with E-state index in [1.165, 1.54) is 57.8 Å². The van der Waals surface area contributed by atoms with Gasteiger partial charge >= 0.3 is 0 Å². The molecule has 0 radical (unpaired) electrons. The molecule has 5 fully saturated rings. The lowest BCUT2D eigenvalue weighted by Crippen LogP contribution is -2.52. The predicted molar refractivity (Wildman–Crippen MR) is 100.0 cm³/mol. The van der Waals surface area contributed by atoms with Crippen molar-refractivity contribution in [1.29, 1.82) is 0 Å². The largest absolute Gasteiger partial charge is 0.393 e. The zero-order chi connectivity index (χ0) is 17.4. The van der Waals surface area contributed by atoms with Crippen molar-refractivity contribution in [3.05, 3.63) is 0 Å². The Morgan fingerprint density at radius 3 is 2.32 bits per heavy atom. The van der Waals surface area contributed by atoms with Gasteiger partial charge in [-0.2, -0.15) is 0 Å². The lowest BCUT2D eigenvalue weighted by Gasteiger charge is -2.57. The topological polar surface area (TPSA) is 40.5 Å². The molecule has 0 spiro atoms. The van der Waals surface area contributed by atoms with Crippen molar-refractivity contribution in [1.82, 2.24) is 0 Å². The standard InChI is InChI=1S/C23H38O2/c1-14(24)20-7-8-21-19-6-3-15-13-23(25,16-4-5-16)12-10-17(15)18(19)9-11-22(20,21)2/h14-21,24-25H,3-13H2,1-2H3/t14?,15-,17+,18-,19-,20-,21+,22-,23-/m1/s1. The Morgan fingerprint density at radius 2 is 1.60 bits per heavy atom. The van der Waals surface area contributed by atoms with E-state index in [0.717, 1.165) is 42.4 Å². The molecular weight excluding hydrogens is 308 g/mol. The first-order valence-corrected chi connectivity index (χ1v) is 11.3. The molecular formula is C23H38O2. The second-order valence-corrected chi connectivity index (χ2v) is 11.0. The van der Waals surface area contributed by atoms with E-state index >= 15 is 0 Å². The Balaban J connectivity index is 1.34. The highest BCUT2D eigenvalue weighted by molar-refractivity contribution is 5.09. The summed E-state index contributed by atoms with van der Waals surface area (Å²) < 4.78 is 0. The maximum Gasteiger partial charge on any atom is 0.0678 e. The third-order valence-corrected chi connectivity index (χ3v) is 10.0. The Bertz CT molecular complexity index is 526. The average molecular weight is 347 g/mol. The molecule has 2 N–H and O–H groups in total. The minimum Gasteiger partial charge on any atom is -0.393 e. The van der Waals surface area contributed by atoms with Crippen LogP contribution in [-0.4, -0.2) is 21.9 Å². The molecule has 0 aromatic heterocycles. The molecule has 0 aromatic carbocycles. The number of aliphatic hydroxyl groups is 2. The van der Waals surface area contributed by atoms with Gasteiger partial charge in [0.1, 0.15) is 0 Å². The van der Waals surface area contributed by atoms with E-state index in [1.807, 2.05) is 6.92 Å². The number of fused-ring (bicyclic) bond motifs is 5. The van der Waals surface area contributed by atoms with Crippen LogP contribution in [-0.2, 0) is 0 Å². The van der Waals surface area contributed by atoms with E-state index in [9.17, 15) is 10.2 Å². The van der Waals surface area contributed by atoms with Crippen molar-refractivity contribution < 1.29 is 10.2 Å². The molecule has 142 valence electrons. The van der Waals surface area contributed by atoms with Crippen LogP contribution in [0.3, 0.4) is 0 Å². The van der Waals surface area contributed by atoms with Gasteiger partial charge in [0.15, 0.2) is 0 Å². The molecule has 0 aromatic rings. The Morgan fingerprint density at radius 1 is 0.840 bits per heavy atom. The van der Waals surface area contributed by atoms with Crippen molar-refractivity contribution in [2.45, 2.75) is 96.2 Å². The van der Waals surface area contributed by atoms with Crippen molar-refractivity contribution in [3.8, 4) is 0 Å². The first-order chi connectivity index (χ1) is 11.9. The summed E-state index contributed by atoms with van der Waals surface area (Å²) >= 11 is 0. The van der Waals surface area contributed by atoms with Gasteiger partial charge < -0.3 is 10.2 Å². The minimum atomic E-state index is -0.290. The van der Waals surface area contributed by atoms with Crippen LogP contribution in [0.1, 0.15) is 84.5 Å². The first kappa shape index (κ1) is 17.0. The number of hydrogen-bond donors (Lipinski definition) is 2. The lowest BCUT2D eigenvalue weighted by atomic mass is 9.48. The molecule has 5 saturated carbocycles. The average Bonchev–Trinajstić information content (AvgIpc) is 3.36. The fourth-order valence-electron chi connectivity index (χ4n) is 8.73. The van der Waals surface area contributed by atoms with E-state index in [0.29, 0.717) is 17.3 Å². The molecule has 9 atom stereocenters. The van der Waals surface area contributed by atoms with Crippen LogP contribution in [0.15, 0.2) is 0 Å². The summed E-state index contributed by atoms with van der Waals surface area (Å²) in [7, 11) is 0. The van der Waals surface area contributed by atoms with Gasteiger partial charge in [-0.1, -0.05) is 6.92 Å². The molecule has 0 bridgehead atoms. The SMILES string of the molecule is CC(O)[C@H]1CC[C@H]2[C@@H]3CC[C@@H]4C[C@@](O)(C5CC5)CC[C@@H]4[C@H]3CC[C@]12C. The summed E-state index contributed by atoms with van der Waals surface area (Å²) in [5.74, 6) is 5.57. The normalized spacial score (nSPS) is 56.6. The molecule has 0 amide bonds. The molecule has 0 heterocycles. The quantitative estimate of drug-likeness (QED) is 0.755. The van der Waals surface area contributed by atoms with Gasteiger partial charge in [-0.15, -0.1) is 0 Å². The second-order valence-electron chi connectivity index (χ2n) is 11.0. The zero-order valence-electron chi connectivity index (χ0n) is 16.3. The maximum atomic E-state index is 11.1. The van der Waals surface area contributed by atoms with Gasteiger partial charge in [0.05, 0.1) is 11.7 Å². The number of rotatable bonds is 2. The predicted octanol–water partition coefficient (Wildman–Crippen LogP) is 4.78. The summed E-state index contributed by atoms with van der Waals surface area (Å²) in [6, 6.07) is 0. The van der Waals surface area contributed by atoms with Crippen molar-refractivity contribution in [2.75, 3.05) is 0 Å². The highest BCUT2D eigenvalue weighted by atomic mass is 16.3. The molecule has 0 saturated heterocycles. The molecule has 5 aliphatic rings. The van der Waals surface area contributed by atoms with E-state index in [2.05, 4.69) is 6.92 Å². The van der Waals surface area contributed by atoms with Gasteiger partial charge in [-0.25, -0.2) is 0 Å². The van der Waals surface area contributed by atoms with Crippen LogP contribution in [0.5, 0.6) is 0 Å². The molecule has 2 nitrogen and oxygen atoms in total. The summed E-state index contributed by atoms with van der Waals surface area (Å²) in [5.41, 5.74) is 0.105. The number of aliphatic hydroxyl groups excluding tert-OH is 1. The molecule has 0 aliphatic heterocycles. The van der Waals surface area contributed by atoms with E-state index in [4.69, 9.17) is 0 Å². The Kier molecular flexibility index (Phi) is 3.89. The van der Waals surface area contributed by atoms with Gasteiger partial charge in [0.2, 0.25) is 0 Å². The van der Waals surface area contributed by atoms with Crippen LogP contribution < -0.4 is 0 Å². The summed E-state index contributed by atoms with van der Waals surface area (Å²) in [6.07, 6.45) is 14.0. The van der Waals surface area contributed by atoms with Crippen LogP contribution in [0, 0.1) is 46.8 Å². The van der Waals surface area contributed by atoms with Crippen LogP contribution in [0.2, 0.25) is 0 Å². The number of hydrogen-bond acceptors (Lipinski definition) is 2. The lowest BCUT2D eigenvalue weighted by molar-refractivity contribution is -0.117. The van der Waals surface area contributed by atoms with Gasteiger partial charge in [0, 0.05) is 0 Å². The van der Waals surface area contributed by atoms with E-state index < -0.39 is 0 Å². The summed E-state index contributed by atoms with van der Waals surface area (Å²) in [4.78, 5) is 0. The fourth-order valence-corrected chi connectivity index (χ4v) is 8.73. The monoisotopic (exact) mass is 346 g/mol. The van der Waals surface area contributed by atoms with Crippen LogP contribution >= 0.6 is 0 Å².